The summed E-state index contributed by atoms with van der Waals surface area (Å²) < 4.78 is 22.1. The van der Waals surface area contributed by atoms with Crippen molar-refractivity contribution < 1.29 is 23.7 Å². The summed E-state index contributed by atoms with van der Waals surface area (Å²) in [5.41, 5.74) is 0. The van der Waals surface area contributed by atoms with Crippen molar-refractivity contribution in [2.75, 3.05) is 46.2 Å². The predicted molar refractivity (Wildman–Crippen MR) is 170 cm³/mol. The Morgan fingerprint density at radius 3 is 1.05 bits per heavy atom. The molecule has 0 unspecified atom stereocenters. The van der Waals surface area contributed by atoms with E-state index in [-0.39, 0.29) is 5.97 Å². The van der Waals surface area contributed by atoms with E-state index in [9.17, 15) is 4.79 Å². The average Bonchev–Trinajstić information content (AvgIpc) is 2.96. The van der Waals surface area contributed by atoms with Crippen molar-refractivity contribution in [3.63, 3.8) is 0 Å². The highest BCUT2D eigenvalue weighted by Crippen LogP contribution is 2.14. The first-order valence-electron chi connectivity index (χ1n) is 17.7. The molecule has 0 aliphatic carbocycles. The van der Waals surface area contributed by atoms with Crippen LogP contribution in [0.1, 0.15) is 174 Å². The van der Waals surface area contributed by atoms with E-state index in [2.05, 4.69) is 13.8 Å². The molecule has 40 heavy (non-hydrogen) atoms. The van der Waals surface area contributed by atoms with Gasteiger partial charge in [0.1, 0.15) is 0 Å². The normalized spacial score (nSPS) is 11.3. The van der Waals surface area contributed by atoms with Gasteiger partial charge in [-0.3, -0.25) is 4.79 Å². The van der Waals surface area contributed by atoms with Crippen LogP contribution in [0.5, 0.6) is 0 Å². The van der Waals surface area contributed by atoms with Gasteiger partial charge in [-0.25, -0.2) is 0 Å². The van der Waals surface area contributed by atoms with Gasteiger partial charge in [0.25, 0.3) is 0 Å². The van der Waals surface area contributed by atoms with Crippen molar-refractivity contribution in [3.05, 3.63) is 0 Å². The van der Waals surface area contributed by atoms with Gasteiger partial charge in [-0.1, -0.05) is 149 Å². The summed E-state index contributed by atoms with van der Waals surface area (Å²) in [7, 11) is 0. The predicted octanol–water partition coefficient (Wildman–Crippen LogP) is 10.4. The van der Waals surface area contributed by atoms with Gasteiger partial charge >= 0.3 is 5.97 Å². The second kappa shape index (κ2) is 36.4. The number of esters is 1. The van der Waals surface area contributed by atoms with Gasteiger partial charge in [0.05, 0.1) is 33.0 Å². The zero-order chi connectivity index (χ0) is 29.0. The Bertz CT molecular complexity index is 431. The van der Waals surface area contributed by atoms with Crippen LogP contribution in [0.15, 0.2) is 0 Å². The molecule has 0 saturated carbocycles. The Morgan fingerprint density at radius 2 is 0.650 bits per heavy atom. The van der Waals surface area contributed by atoms with Crippen LogP contribution in [0, 0.1) is 0 Å². The molecule has 0 saturated heterocycles. The fraction of sp³-hybridized carbons (Fsp3) is 0.971. The van der Waals surface area contributed by atoms with E-state index >= 15 is 0 Å². The number of unbranched alkanes of at least 4 members (excludes halogenated alkanes) is 21. The van der Waals surface area contributed by atoms with Crippen LogP contribution in [-0.4, -0.2) is 52.2 Å². The Kier molecular flexibility index (Phi) is 35.8. The third kappa shape index (κ3) is 35.4. The quantitative estimate of drug-likeness (QED) is 0.0560. The van der Waals surface area contributed by atoms with Crippen LogP contribution in [0.2, 0.25) is 0 Å². The summed E-state index contributed by atoms with van der Waals surface area (Å²) in [6.07, 6.45) is 31.9. The number of hydrogen-bond donors (Lipinski definition) is 0. The van der Waals surface area contributed by atoms with Crippen LogP contribution >= 0.6 is 0 Å². The Balaban J connectivity index is 3.14. The van der Waals surface area contributed by atoms with E-state index in [0.717, 1.165) is 19.4 Å². The summed E-state index contributed by atoms with van der Waals surface area (Å²) >= 11 is 0. The van der Waals surface area contributed by atoms with E-state index < -0.39 is 0 Å². The molecule has 0 aromatic rings. The molecule has 5 nitrogen and oxygen atoms in total. The minimum absolute atomic E-state index is 0.0982. The molecule has 240 valence electrons. The lowest BCUT2D eigenvalue weighted by molar-refractivity contribution is -0.144. The van der Waals surface area contributed by atoms with Gasteiger partial charge in [-0.15, -0.1) is 0 Å². The molecule has 0 aromatic heterocycles. The molecule has 0 rings (SSSR count). The maximum Gasteiger partial charge on any atom is 0.305 e. The fourth-order valence-electron chi connectivity index (χ4n) is 4.93. The number of carbonyl (C=O) groups excluding carboxylic acids is 1. The first-order valence-corrected chi connectivity index (χ1v) is 17.7. The second-order valence-electron chi connectivity index (χ2n) is 11.6. The zero-order valence-corrected chi connectivity index (χ0v) is 27.2. The van der Waals surface area contributed by atoms with Crippen LogP contribution < -0.4 is 0 Å². The Labute approximate surface area is 250 Å². The Hall–Kier alpha value is -0.650. The molecule has 0 atom stereocenters. The number of ether oxygens (including phenoxy) is 4. The van der Waals surface area contributed by atoms with Crippen molar-refractivity contribution >= 4 is 5.97 Å². The third-order valence-corrected chi connectivity index (χ3v) is 7.57. The molecule has 0 bridgehead atoms. The highest BCUT2D eigenvalue weighted by atomic mass is 16.5. The van der Waals surface area contributed by atoms with Gasteiger partial charge in [-0.05, 0) is 19.3 Å². The van der Waals surface area contributed by atoms with Crippen LogP contribution in [0.4, 0.5) is 0 Å². The highest BCUT2D eigenvalue weighted by Gasteiger charge is 2.03. The Morgan fingerprint density at radius 1 is 0.350 bits per heavy atom. The van der Waals surface area contributed by atoms with Crippen molar-refractivity contribution in [2.24, 2.45) is 0 Å². The number of hydrogen-bond acceptors (Lipinski definition) is 5. The monoisotopic (exact) mass is 571 g/mol. The molecule has 0 radical (unpaired) electrons. The van der Waals surface area contributed by atoms with Crippen molar-refractivity contribution in [2.45, 2.75) is 174 Å². The maximum atomic E-state index is 11.8. The zero-order valence-electron chi connectivity index (χ0n) is 27.2. The average molecular weight is 571 g/mol. The molecule has 0 aliphatic rings. The van der Waals surface area contributed by atoms with Gasteiger partial charge in [0, 0.05) is 19.6 Å². The molecular formula is C35H70O5. The molecule has 0 heterocycles. The lowest BCUT2D eigenvalue weighted by atomic mass is 10.0. The summed E-state index contributed by atoms with van der Waals surface area (Å²) in [4.78, 5) is 11.8. The first-order chi connectivity index (χ1) is 19.8. The summed E-state index contributed by atoms with van der Waals surface area (Å²) in [5, 5.41) is 0. The van der Waals surface area contributed by atoms with E-state index in [1.165, 1.54) is 135 Å². The molecule has 0 amide bonds. The number of rotatable bonds is 35. The van der Waals surface area contributed by atoms with Gasteiger partial charge < -0.3 is 18.9 Å². The smallest absolute Gasteiger partial charge is 0.305 e. The van der Waals surface area contributed by atoms with E-state index in [1.807, 2.05) is 0 Å². The van der Waals surface area contributed by atoms with E-state index in [0.29, 0.717) is 52.5 Å². The van der Waals surface area contributed by atoms with Crippen LogP contribution in [0.25, 0.3) is 0 Å². The van der Waals surface area contributed by atoms with Crippen molar-refractivity contribution in [1.82, 2.24) is 0 Å². The standard InChI is InChI=1S/C35H70O5/c1-3-5-7-9-11-12-13-14-15-16-17-18-19-21-23-25-30-40-35(36)27-26-29-38-32-34-39-33-31-37-28-24-22-20-10-8-6-4-2/h3-34H2,1-2H3. The molecule has 0 aliphatic heterocycles. The van der Waals surface area contributed by atoms with Crippen LogP contribution in [0.3, 0.4) is 0 Å². The maximum absolute atomic E-state index is 11.8. The molecule has 0 aromatic carbocycles. The largest absolute Gasteiger partial charge is 0.466 e. The first kappa shape index (κ1) is 39.4. The summed E-state index contributed by atoms with van der Waals surface area (Å²) in [6, 6.07) is 0. The number of carbonyl (C=O) groups is 1. The summed E-state index contributed by atoms with van der Waals surface area (Å²) in [5.74, 6) is -0.0982. The molecular weight excluding hydrogens is 500 g/mol. The van der Waals surface area contributed by atoms with Crippen molar-refractivity contribution in [3.8, 4) is 0 Å². The van der Waals surface area contributed by atoms with Gasteiger partial charge in [0.2, 0.25) is 0 Å². The minimum Gasteiger partial charge on any atom is -0.466 e. The molecule has 0 N–H and O–H groups in total. The summed E-state index contributed by atoms with van der Waals surface area (Å²) in [6.45, 7) is 8.92. The molecule has 0 spiro atoms. The van der Waals surface area contributed by atoms with Crippen LogP contribution in [-0.2, 0) is 23.7 Å². The van der Waals surface area contributed by atoms with E-state index in [4.69, 9.17) is 18.9 Å². The minimum atomic E-state index is -0.0982. The fourth-order valence-corrected chi connectivity index (χ4v) is 4.93. The van der Waals surface area contributed by atoms with Gasteiger partial charge in [-0.2, -0.15) is 0 Å². The highest BCUT2D eigenvalue weighted by molar-refractivity contribution is 5.69. The van der Waals surface area contributed by atoms with Crippen molar-refractivity contribution in [1.29, 1.82) is 0 Å². The van der Waals surface area contributed by atoms with E-state index in [1.54, 1.807) is 0 Å². The molecule has 0 fully saturated rings. The third-order valence-electron chi connectivity index (χ3n) is 7.57. The molecule has 5 heteroatoms. The SMILES string of the molecule is CCCCCCCCCCCCCCCCCCOC(=O)CCCOCCOCCOCCCCCCCCC. The second-order valence-corrected chi connectivity index (χ2v) is 11.6. The van der Waals surface area contributed by atoms with Gasteiger partial charge in [0.15, 0.2) is 0 Å². The lowest BCUT2D eigenvalue weighted by Crippen LogP contribution is -2.11. The topological polar surface area (TPSA) is 54.0 Å². The lowest BCUT2D eigenvalue weighted by Gasteiger charge is -2.07.